The van der Waals surface area contributed by atoms with Crippen LogP contribution < -0.4 is 15.5 Å². The van der Waals surface area contributed by atoms with Gasteiger partial charge in [-0.3, -0.25) is 4.79 Å². The number of piperidine rings is 2. The zero-order chi connectivity index (χ0) is 20.8. The van der Waals surface area contributed by atoms with Gasteiger partial charge in [0.2, 0.25) is 5.91 Å². The van der Waals surface area contributed by atoms with E-state index in [-0.39, 0.29) is 17.9 Å². The van der Waals surface area contributed by atoms with Crippen LogP contribution in [0.5, 0.6) is 0 Å². The molecule has 7 heteroatoms. The molecule has 1 aromatic heterocycles. The maximum atomic E-state index is 12.7. The number of nitrogens with zero attached hydrogens (tertiary/aromatic N) is 2. The third-order valence-corrected chi connectivity index (χ3v) is 6.00. The molecule has 2 fully saturated rings. The summed E-state index contributed by atoms with van der Waals surface area (Å²) in [6.45, 7) is 3.75. The molecule has 0 unspecified atom stereocenters. The van der Waals surface area contributed by atoms with Gasteiger partial charge in [-0.1, -0.05) is 0 Å². The number of amides is 3. The number of likely N-dealkylation sites (tertiary alicyclic amines) is 1. The lowest BCUT2D eigenvalue weighted by atomic mass is 9.96. The van der Waals surface area contributed by atoms with Crippen LogP contribution in [0.1, 0.15) is 37.9 Å². The van der Waals surface area contributed by atoms with E-state index in [4.69, 9.17) is 4.42 Å². The average molecular weight is 411 g/mol. The van der Waals surface area contributed by atoms with Crippen LogP contribution in [-0.4, -0.2) is 43.0 Å². The molecule has 0 spiro atoms. The molecule has 2 aliphatic heterocycles. The molecular weight excluding hydrogens is 380 g/mol. The number of rotatable bonds is 5. The summed E-state index contributed by atoms with van der Waals surface area (Å²) in [5.74, 6) is 0.696. The van der Waals surface area contributed by atoms with E-state index in [1.54, 1.807) is 17.2 Å². The minimum absolute atomic E-state index is 0.0383. The third-order valence-electron chi connectivity index (χ3n) is 6.00. The second kappa shape index (κ2) is 9.69. The average Bonchev–Trinajstić information content (AvgIpc) is 3.32. The summed E-state index contributed by atoms with van der Waals surface area (Å²) < 4.78 is 5.23. The molecule has 160 valence electrons. The second-order valence-corrected chi connectivity index (χ2v) is 8.08. The number of benzene rings is 1. The van der Waals surface area contributed by atoms with E-state index in [9.17, 15) is 9.59 Å². The number of carbonyl (C=O) groups is 2. The van der Waals surface area contributed by atoms with Crippen LogP contribution in [-0.2, 0) is 11.3 Å². The van der Waals surface area contributed by atoms with Gasteiger partial charge in [-0.05, 0) is 68.5 Å². The minimum Gasteiger partial charge on any atom is -0.467 e. The Morgan fingerprint density at radius 3 is 2.37 bits per heavy atom. The molecule has 2 aliphatic rings. The van der Waals surface area contributed by atoms with Crippen molar-refractivity contribution in [2.75, 3.05) is 36.4 Å². The van der Waals surface area contributed by atoms with Crippen molar-refractivity contribution in [1.82, 2.24) is 10.2 Å². The number of nitrogens with one attached hydrogen (secondary N) is 2. The lowest BCUT2D eigenvalue weighted by molar-refractivity contribution is -0.121. The van der Waals surface area contributed by atoms with Gasteiger partial charge in [-0.25, -0.2) is 4.79 Å². The van der Waals surface area contributed by atoms with E-state index in [2.05, 4.69) is 27.7 Å². The monoisotopic (exact) mass is 410 g/mol. The van der Waals surface area contributed by atoms with E-state index in [0.717, 1.165) is 24.5 Å². The van der Waals surface area contributed by atoms with Crippen molar-refractivity contribution in [2.45, 2.75) is 38.6 Å². The van der Waals surface area contributed by atoms with Crippen molar-refractivity contribution >= 4 is 23.3 Å². The second-order valence-electron chi connectivity index (χ2n) is 8.08. The predicted octanol–water partition coefficient (Wildman–Crippen LogP) is 3.83. The smallest absolute Gasteiger partial charge is 0.317 e. The molecule has 0 saturated carbocycles. The third kappa shape index (κ3) is 5.14. The van der Waals surface area contributed by atoms with E-state index in [1.165, 1.54) is 24.9 Å². The fourth-order valence-corrected chi connectivity index (χ4v) is 4.18. The molecule has 3 heterocycles. The maximum absolute atomic E-state index is 12.7. The minimum atomic E-state index is -0.112. The van der Waals surface area contributed by atoms with Crippen LogP contribution in [0.25, 0.3) is 0 Å². The summed E-state index contributed by atoms with van der Waals surface area (Å²) in [5.41, 5.74) is 2.06. The molecule has 0 bridgehead atoms. The lowest BCUT2D eigenvalue weighted by Gasteiger charge is -2.31. The Balaban J connectivity index is 1.21. The van der Waals surface area contributed by atoms with Crippen LogP contribution in [0.3, 0.4) is 0 Å². The zero-order valence-electron chi connectivity index (χ0n) is 17.3. The fraction of sp³-hybridized carbons (Fsp3) is 0.478. The normalized spacial score (nSPS) is 17.6. The van der Waals surface area contributed by atoms with Gasteiger partial charge >= 0.3 is 6.03 Å². The quantitative estimate of drug-likeness (QED) is 0.785. The van der Waals surface area contributed by atoms with Crippen LogP contribution in [0.15, 0.2) is 47.1 Å². The topological polar surface area (TPSA) is 77.8 Å². The Bertz CT molecular complexity index is 821. The van der Waals surface area contributed by atoms with Crippen molar-refractivity contribution in [2.24, 2.45) is 5.92 Å². The molecule has 4 rings (SSSR count). The number of hydrogen-bond donors (Lipinski definition) is 2. The highest BCUT2D eigenvalue weighted by molar-refractivity contribution is 5.93. The SMILES string of the molecule is O=C(Nc1ccc(N2CCCCC2)cc1)C1CCN(C(=O)NCc2ccco2)CC1. The van der Waals surface area contributed by atoms with Gasteiger partial charge in [0.25, 0.3) is 0 Å². The van der Waals surface area contributed by atoms with Gasteiger partial charge in [-0.15, -0.1) is 0 Å². The Labute approximate surface area is 177 Å². The van der Waals surface area contributed by atoms with Gasteiger partial charge in [0.05, 0.1) is 12.8 Å². The lowest BCUT2D eigenvalue weighted by Crippen LogP contribution is -2.45. The van der Waals surface area contributed by atoms with Crippen LogP contribution >= 0.6 is 0 Å². The zero-order valence-corrected chi connectivity index (χ0v) is 17.3. The molecular formula is C23H30N4O3. The first-order chi connectivity index (χ1) is 14.7. The Kier molecular flexibility index (Phi) is 6.57. The highest BCUT2D eigenvalue weighted by Crippen LogP contribution is 2.23. The van der Waals surface area contributed by atoms with E-state index < -0.39 is 0 Å². The highest BCUT2D eigenvalue weighted by Gasteiger charge is 2.27. The predicted molar refractivity (Wildman–Crippen MR) is 116 cm³/mol. The first-order valence-electron chi connectivity index (χ1n) is 10.9. The fourth-order valence-electron chi connectivity index (χ4n) is 4.18. The molecule has 2 saturated heterocycles. The molecule has 30 heavy (non-hydrogen) atoms. The molecule has 0 aliphatic carbocycles. The number of urea groups is 1. The number of furan rings is 1. The standard InChI is InChI=1S/C23H30N4O3/c28-22(25-19-6-8-20(9-7-19)26-12-2-1-3-13-26)18-10-14-27(15-11-18)23(29)24-17-21-5-4-16-30-21/h4-9,16,18H,1-3,10-15,17H2,(H,24,29)(H,25,28). The number of carbonyl (C=O) groups excluding carboxylic acids is 2. The van der Waals surface area contributed by atoms with Crippen molar-refractivity contribution in [3.63, 3.8) is 0 Å². The van der Waals surface area contributed by atoms with Gasteiger partial charge in [0, 0.05) is 43.5 Å². The van der Waals surface area contributed by atoms with Crippen molar-refractivity contribution in [3.8, 4) is 0 Å². The summed E-state index contributed by atoms with van der Waals surface area (Å²) in [4.78, 5) is 29.1. The maximum Gasteiger partial charge on any atom is 0.317 e. The first-order valence-corrected chi connectivity index (χ1v) is 10.9. The summed E-state index contributed by atoms with van der Waals surface area (Å²) in [7, 11) is 0. The summed E-state index contributed by atoms with van der Waals surface area (Å²) in [6.07, 6.45) is 6.75. The Morgan fingerprint density at radius 2 is 1.70 bits per heavy atom. The number of hydrogen-bond acceptors (Lipinski definition) is 4. The molecule has 7 nitrogen and oxygen atoms in total. The molecule has 0 radical (unpaired) electrons. The molecule has 2 aromatic rings. The summed E-state index contributed by atoms with van der Waals surface area (Å²) in [5, 5.41) is 5.90. The summed E-state index contributed by atoms with van der Waals surface area (Å²) >= 11 is 0. The molecule has 3 amide bonds. The van der Waals surface area contributed by atoms with Crippen LogP contribution in [0.4, 0.5) is 16.2 Å². The number of anilines is 2. The highest BCUT2D eigenvalue weighted by atomic mass is 16.3. The van der Waals surface area contributed by atoms with Crippen LogP contribution in [0.2, 0.25) is 0 Å². The molecule has 0 atom stereocenters. The molecule has 1 aromatic carbocycles. The van der Waals surface area contributed by atoms with Crippen molar-refractivity contribution in [3.05, 3.63) is 48.4 Å². The first kappa shape index (κ1) is 20.3. The Hall–Kier alpha value is -2.96. The van der Waals surface area contributed by atoms with Gasteiger partial charge in [0.15, 0.2) is 0 Å². The van der Waals surface area contributed by atoms with E-state index in [1.807, 2.05) is 18.2 Å². The van der Waals surface area contributed by atoms with Crippen LogP contribution in [0, 0.1) is 5.92 Å². The van der Waals surface area contributed by atoms with Gasteiger partial charge < -0.3 is 24.9 Å². The van der Waals surface area contributed by atoms with Crippen molar-refractivity contribution in [1.29, 1.82) is 0 Å². The summed E-state index contributed by atoms with van der Waals surface area (Å²) in [6, 6.07) is 11.7. The van der Waals surface area contributed by atoms with Crippen molar-refractivity contribution < 1.29 is 14.0 Å². The van der Waals surface area contributed by atoms with Gasteiger partial charge in [-0.2, -0.15) is 0 Å². The largest absolute Gasteiger partial charge is 0.467 e. The van der Waals surface area contributed by atoms with E-state index in [0.29, 0.717) is 32.5 Å². The van der Waals surface area contributed by atoms with E-state index >= 15 is 0 Å². The molecule has 2 N–H and O–H groups in total. The Morgan fingerprint density at radius 1 is 0.967 bits per heavy atom. The van der Waals surface area contributed by atoms with Gasteiger partial charge in [0.1, 0.15) is 5.76 Å².